The monoisotopic (exact) mass is 274 g/mol. The number of aryl methyl sites for hydroxylation is 1. The first-order valence-electron chi connectivity index (χ1n) is 7.62. The summed E-state index contributed by atoms with van der Waals surface area (Å²) >= 11 is 0. The zero-order valence-electron chi connectivity index (χ0n) is 12.8. The molecule has 1 amide bonds. The highest BCUT2D eigenvalue weighted by Crippen LogP contribution is 2.45. The zero-order valence-corrected chi connectivity index (χ0v) is 12.8. The van der Waals surface area contributed by atoms with Crippen molar-refractivity contribution in [1.82, 2.24) is 5.32 Å². The average Bonchev–Trinajstić information content (AvgIpc) is 3.25. The van der Waals surface area contributed by atoms with Crippen LogP contribution in [0.2, 0.25) is 0 Å². The predicted octanol–water partition coefficient (Wildman–Crippen LogP) is 2.80. The molecule has 0 aromatic heterocycles. The standard InChI is InChI=1S/C17H26N2O/c1-4-13-5-7-14(8-6-13)15(12(2)3)19-16(20)17(11-18)9-10-17/h5-8,12,15H,4,9-11,18H2,1-3H3,(H,19,20). The van der Waals surface area contributed by atoms with E-state index in [1.54, 1.807) is 0 Å². The molecular formula is C17H26N2O. The van der Waals surface area contributed by atoms with E-state index in [1.807, 2.05) is 0 Å². The summed E-state index contributed by atoms with van der Waals surface area (Å²) in [6, 6.07) is 8.62. The van der Waals surface area contributed by atoms with Crippen LogP contribution in [-0.4, -0.2) is 12.5 Å². The summed E-state index contributed by atoms with van der Waals surface area (Å²) in [5.74, 6) is 0.485. The van der Waals surface area contributed by atoms with Crippen LogP contribution in [0, 0.1) is 11.3 Å². The number of amides is 1. The minimum Gasteiger partial charge on any atom is -0.349 e. The van der Waals surface area contributed by atoms with Gasteiger partial charge in [0.2, 0.25) is 5.91 Å². The minimum absolute atomic E-state index is 0.0671. The molecule has 0 spiro atoms. The quantitative estimate of drug-likeness (QED) is 0.838. The summed E-state index contributed by atoms with van der Waals surface area (Å²) in [6.45, 7) is 6.88. The van der Waals surface area contributed by atoms with Crippen LogP contribution >= 0.6 is 0 Å². The van der Waals surface area contributed by atoms with Crippen LogP contribution in [-0.2, 0) is 11.2 Å². The number of nitrogens with one attached hydrogen (secondary N) is 1. The van der Waals surface area contributed by atoms with Crippen molar-refractivity contribution >= 4 is 5.91 Å². The predicted molar refractivity (Wildman–Crippen MR) is 82.3 cm³/mol. The van der Waals surface area contributed by atoms with Crippen molar-refractivity contribution in [2.24, 2.45) is 17.1 Å². The second kappa shape index (κ2) is 5.96. The maximum Gasteiger partial charge on any atom is 0.227 e. The van der Waals surface area contributed by atoms with Gasteiger partial charge in [0, 0.05) is 6.54 Å². The first-order valence-corrected chi connectivity index (χ1v) is 7.62. The van der Waals surface area contributed by atoms with Crippen LogP contribution in [0.15, 0.2) is 24.3 Å². The molecule has 3 nitrogen and oxygen atoms in total. The summed E-state index contributed by atoms with van der Waals surface area (Å²) < 4.78 is 0. The van der Waals surface area contributed by atoms with Crippen LogP contribution in [0.3, 0.4) is 0 Å². The molecule has 1 atom stereocenters. The van der Waals surface area contributed by atoms with Gasteiger partial charge < -0.3 is 11.1 Å². The Morgan fingerprint density at radius 3 is 2.30 bits per heavy atom. The van der Waals surface area contributed by atoms with E-state index in [2.05, 4.69) is 50.4 Å². The van der Waals surface area contributed by atoms with E-state index in [4.69, 9.17) is 5.73 Å². The van der Waals surface area contributed by atoms with Gasteiger partial charge in [0.05, 0.1) is 11.5 Å². The average molecular weight is 274 g/mol. The van der Waals surface area contributed by atoms with E-state index in [9.17, 15) is 4.79 Å². The molecular weight excluding hydrogens is 248 g/mol. The highest BCUT2D eigenvalue weighted by Gasteiger charge is 2.49. The number of nitrogens with two attached hydrogens (primary N) is 1. The molecule has 2 rings (SSSR count). The lowest BCUT2D eigenvalue weighted by Crippen LogP contribution is -2.40. The van der Waals surface area contributed by atoms with Crippen molar-refractivity contribution in [3.8, 4) is 0 Å². The van der Waals surface area contributed by atoms with Gasteiger partial charge in [-0.15, -0.1) is 0 Å². The lowest BCUT2D eigenvalue weighted by Gasteiger charge is -2.25. The Kier molecular flexibility index (Phi) is 4.48. The maximum atomic E-state index is 12.4. The molecule has 1 unspecified atom stereocenters. The van der Waals surface area contributed by atoms with E-state index in [0.29, 0.717) is 12.5 Å². The van der Waals surface area contributed by atoms with Crippen molar-refractivity contribution in [2.75, 3.05) is 6.54 Å². The molecule has 1 fully saturated rings. The third kappa shape index (κ3) is 3.04. The van der Waals surface area contributed by atoms with Crippen LogP contribution < -0.4 is 11.1 Å². The zero-order chi connectivity index (χ0) is 14.8. The van der Waals surface area contributed by atoms with E-state index in [1.165, 1.54) is 11.1 Å². The topological polar surface area (TPSA) is 55.1 Å². The van der Waals surface area contributed by atoms with E-state index in [0.717, 1.165) is 19.3 Å². The molecule has 1 saturated carbocycles. The molecule has 1 aromatic carbocycles. The number of rotatable bonds is 6. The molecule has 0 heterocycles. The van der Waals surface area contributed by atoms with Crippen molar-refractivity contribution < 1.29 is 4.79 Å². The molecule has 20 heavy (non-hydrogen) atoms. The van der Waals surface area contributed by atoms with Gasteiger partial charge in [-0.3, -0.25) is 4.79 Å². The number of carbonyl (C=O) groups is 1. The van der Waals surface area contributed by atoms with Gasteiger partial charge in [-0.05, 0) is 36.3 Å². The summed E-state index contributed by atoms with van der Waals surface area (Å²) in [5.41, 5.74) is 7.96. The molecule has 0 saturated heterocycles. The van der Waals surface area contributed by atoms with Gasteiger partial charge in [-0.1, -0.05) is 45.0 Å². The van der Waals surface area contributed by atoms with Crippen molar-refractivity contribution in [1.29, 1.82) is 0 Å². The molecule has 110 valence electrons. The Balaban J connectivity index is 2.12. The highest BCUT2D eigenvalue weighted by molar-refractivity contribution is 5.85. The van der Waals surface area contributed by atoms with Gasteiger partial charge in [0.15, 0.2) is 0 Å². The van der Waals surface area contributed by atoms with Crippen LogP contribution in [0.25, 0.3) is 0 Å². The SMILES string of the molecule is CCc1ccc(C(NC(=O)C2(CN)CC2)C(C)C)cc1. The van der Waals surface area contributed by atoms with Gasteiger partial charge in [-0.25, -0.2) is 0 Å². The normalized spacial score (nSPS) is 17.9. The van der Waals surface area contributed by atoms with Crippen molar-refractivity contribution in [2.45, 2.75) is 46.1 Å². The molecule has 0 bridgehead atoms. The molecule has 3 heteroatoms. The van der Waals surface area contributed by atoms with Crippen LogP contribution in [0.5, 0.6) is 0 Å². The highest BCUT2D eigenvalue weighted by atomic mass is 16.2. The number of hydrogen-bond donors (Lipinski definition) is 2. The van der Waals surface area contributed by atoms with E-state index < -0.39 is 0 Å². The Morgan fingerprint density at radius 2 is 1.90 bits per heavy atom. The fourth-order valence-corrected chi connectivity index (χ4v) is 2.56. The minimum atomic E-state index is -0.281. The first-order chi connectivity index (χ1) is 9.52. The van der Waals surface area contributed by atoms with Gasteiger partial charge in [0.1, 0.15) is 0 Å². The fraction of sp³-hybridized carbons (Fsp3) is 0.588. The van der Waals surface area contributed by atoms with Crippen LogP contribution in [0.1, 0.15) is 50.8 Å². The summed E-state index contributed by atoms with van der Waals surface area (Å²) in [5, 5.41) is 3.20. The third-order valence-corrected chi connectivity index (χ3v) is 4.43. The van der Waals surface area contributed by atoms with Gasteiger partial charge in [-0.2, -0.15) is 0 Å². The summed E-state index contributed by atoms with van der Waals surface area (Å²) in [7, 11) is 0. The third-order valence-electron chi connectivity index (χ3n) is 4.43. The van der Waals surface area contributed by atoms with Crippen molar-refractivity contribution in [3.05, 3.63) is 35.4 Å². The Morgan fingerprint density at radius 1 is 1.30 bits per heavy atom. The largest absolute Gasteiger partial charge is 0.349 e. The van der Waals surface area contributed by atoms with E-state index >= 15 is 0 Å². The molecule has 1 aliphatic rings. The molecule has 1 aliphatic carbocycles. The van der Waals surface area contributed by atoms with Crippen LogP contribution in [0.4, 0.5) is 0 Å². The second-order valence-electron chi connectivity index (χ2n) is 6.27. The summed E-state index contributed by atoms with van der Waals surface area (Å²) in [4.78, 5) is 12.4. The Bertz CT molecular complexity index is 460. The lowest BCUT2D eigenvalue weighted by atomic mass is 9.93. The first kappa shape index (κ1) is 15.0. The van der Waals surface area contributed by atoms with Crippen molar-refractivity contribution in [3.63, 3.8) is 0 Å². The smallest absolute Gasteiger partial charge is 0.227 e. The number of benzene rings is 1. The molecule has 1 aromatic rings. The molecule has 0 aliphatic heterocycles. The second-order valence-corrected chi connectivity index (χ2v) is 6.27. The van der Waals surface area contributed by atoms with Gasteiger partial charge >= 0.3 is 0 Å². The molecule has 3 N–H and O–H groups in total. The fourth-order valence-electron chi connectivity index (χ4n) is 2.56. The Hall–Kier alpha value is -1.35. The lowest BCUT2D eigenvalue weighted by molar-refractivity contribution is -0.127. The van der Waals surface area contributed by atoms with E-state index in [-0.39, 0.29) is 17.4 Å². The molecule has 0 radical (unpaired) electrons. The number of carbonyl (C=O) groups excluding carboxylic acids is 1. The van der Waals surface area contributed by atoms with Gasteiger partial charge in [0.25, 0.3) is 0 Å². The number of hydrogen-bond acceptors (Lipinski definition) is 2. The summed E-state index contributed by atoms with van der Waals surface area (Å²) in [6.07, 6.45) is 2.89. The Labute approximate surface area is 121 Å². The maximum absolute atomic E-state index is 12.4.